The van der Waals surface area contributed by atoms with Crippen LogP contribution in [0.5, 0.6) is 0 Å². The van der Waals surface area contributed by atoms with Gasteiger partial charge >= 0.3 is 0 Å². The normalized spacial score (nSPS) is 10.9. The quantitative estimate of drug-likeness (QED) is 0.381. The van der Waals surface area contributed by atoms with E-state index in [0.29, 0.717) is 32.3 Å². The van der Waals surface area contributed by atoms with Crippen molar-refractivity contribution < 1.29 is 4.79 Å². The second-order valence-electron chi connectivity index (χ2n) is 6.21. The van der Waals surface area contributed by atoms with E-state index < -0.39 is 0 Å². The number of thiazole rings is 1. The molecule has 1 aromatic heterocycles. The molecule has 0 saturated carbocycles. The number of amides is 1. The second-order valence-corrected chi connectivity index (χ2v) is 8.52. The van der Waals surface area contributed by atoms with Gasteiger partial charge in [-0.1, -0.05) is 67.2 Å². The molecule has 28 heavy (non-hydrogen) atoms. The second kappa shape index (κ2) is 9.27. The third kappa shape index (κ3) is 4.52. The first-order valence-corrected chi connectivity index (χ1v) is 10.9. The van der Waals surface area contributed by atoms with Crippen LogP contribution < -0.4 is 4.90 Å². The van der Waals surface area contributed by atoms with Crippen molar-refractivity contribution in [1.29, 1.82) is 0 Å². The van der Waals surface area contributed by atoms with Gasteiger partial charge in [0.25, 0.3) is 0 Å². The first-order valence-electron chi connectivity index (χ1n) is 8.98. The average molecular weight is 454 g/mol. The third-order valence-corrected chi connectivity index (χ3v) is 6.28. The summed E-state index contributed by atoms with van der Waals surface area (Å²) in [6, 6.07) is 12.8. The van der Waals surface area contributed by atoms with Gasteiger partial charge in [0.2, 0.25) is 5.91 Å². The zero-order valence-electron chi connectivity index (χ0n) is 15.5. The van der Waals surface area contributed by atoms with E-state index in [0.717, 1.165) is 29.0 Å². The summed E-state index contributed by atoms with van der Waals surface area (Å²) in [7, 11) is 0. The number of aryl methyl sites for hydroxylation is 1. The molecule has 0 aliphatic heterocycles. The lowest BCUT2D eigenvalue weighted by Gasteiger charge is -2.19. The van der Waals surface area contributed by atoms with Gasteiger partial charge in [0.15, 0.2) is 5.13 Å². The number of hydrogen-bond donors (Lipinski definition) is 0. The topological polar surface area (TPSA) is 33.2 Å². The molecule has 0 atom stereocenters. The Labute approximate surface area is 183 Å². The smallest absolute Gasteiger partial charge is 0.233 e. The van der Waals surface area contributed by atoms with Crippen LogP contribution in [0.1, 0.15) is 31.6 Å². The first kappa shape index (κ1) is 21.1. The molecule has 0 fully saturated rings. The van der Waals surface area contributed by atoms with Crippen LogP contribution in [0.4, 0.5) is 10.8 Å². The SMILES string of the molecule is CCCc1sc(N(C(=O)CC)c2ccc(Cl)c(Cl)c2)nc1-c1ccc(Cl)cc1. The van der Waals surface area contributed by atoms with Crippen LogP contribution in [-0.2, 0) is 11.2 Å². The predicted molar refractivity (Wildman–Crippen MR) is 120 cm³/mol. The molecule has 0 aliphatic rings. The van der Waals surface area contributed by atoms with E-state index in [2.05, 4.69) is 6.92 Å². The van der Waals surface area contributed by atoms with Gasteiger partial charge in [0.05, 0.1) is 21.4 Å². The van der Waals surface area contributed by atoms with E-state index in [9.17, 15) is 4.79 Å². The van der Waals surface area contributed by atoms with Crippen molar-refractivity contribution in [3.8, 4) is 11.3 Å². The van der Waals surface area contributed by atoms with Crippen LogP contribution in [0.25, 0.3) is 11.3 Å². The Morgan fingerprint density at radius 2 is 1.75 bits per heavy atom. The summed E-state index contributed by atoms with van der Waals surface area (Å²) in [5, 5.41) is 2.15. The molecule has 2 aromatic carbocycles. The molecule has 0 N–H and O–H groups in total. The number of nitrogens with zero attached hydrogens (tertiary/aromatic N) is 2. The highest BCUT2D eigenvalue weighted by molar-refractivity contribution is 7.16. The van der Waals surface area contributed by atoms with Gasteiger partial charge in [-0.25, -0.2) is 4.98 Å². The van der Waals surface area contributed by atoms with Gasteiger partial charge in [-0.2, -0.15) is 0 Å². The monoisotopic (exact) mass is 452 g/mol. The lowest BCUT2D eigenvalue weighted by molar-refractivity contribution is -0.117. The summed E-state index contributed by atoms with van der Waals surface area (Å²) in [6.45, 7) is 3.95. The molecule has 0 radical (unpaired) electrons. The van der Waals surface area contributed by atoms with Crippen LogP contribution in [0.2, 0.25) is 15.1 Å². The van der Waals surface area contributed by atoms with Crippen molar-refractivity contribution in [3.63, 3.8) is 0 Å². The van der Waals surface area contributed by atoms with Crippen molar-refractivity contribution >= 4 is 62.9 Å². The van der Waals surface area contributed by atoms with E-state index in [1.165, 1.54) is 11.3 Å². The molecule has 146 valence electrons. The summed E-state index contributed by atoms with van der Waals surface area (Å²) in [5.74, 6) is -0.0576. The first-order chi connectivity index (χ1) is 13.4. The molecule has 0 saturated heterocycles. The molecule has 0 aliphatic carbocycles. The van der Waals surface area contributed by atoms with Gasteiger partial charge < -0.3 is 0 Å². The number of benzene rings is 2. The van der Waals surface area contributed by atoms with Crippen LogP contribution in [0, 0.1) is 0 Å². The number of carbonyl (C=O) groups excluding carboxylic acids is 1. The van der Waals surface area contributed by atoms with Crippen LogP contribution >= 0.6 is 46.1 Å². The van der Waals surface area contributed by atoms with Crippen LogP contribution in [0.3, 0.4) is 0 Å². The molecule has 1 heterocycles. The molecule has 0 bridgehead atoms. The van der Waals surface area contributed by atoms with E-state index in [1.54, 1.807) is 23.1 Å². The Bertz CT molecular complexity index is 986. The van der Waals surface area contributed by atoms with Crippen molar-refractivity contribution in [3.05, 3.63) is 62.4 Å². The number of anilines is 2. The Kier molecular flexibility index (Phi) is 7.00. The summed E-state index contributed by atoms with van der Waals surface area (Å²) < 4.78 is 0. The summed E-state index contributed by atoms with van der Waals surface area (Å²) in [5.41, 5.74) is 2.52. The molecular weight excluding hydrogens is 435 g/mol. The molecular formula is C21H19Cl3N2OS. The highest BCUT2D eigenvalue weighted by atomic mass is 35.5. The maximum atomic E-state index is 12.8. The average Bonchev–Trinajstić information content (AvgIpc) is 3.09. The lowest BCUT2D eigenvalue weighted by atomic mass is 10.1. The van der Waals surface area contributed by atoms with Gasteiger partial charge in [0.1, 0.15) is 0 Å². The standard InChI is InChI=1S/C21H19Cl3N2OS/c1-3-5-18-20(13-6-8-14(22)9-7-13)25-21(28-18)26(19(27)4-2)15-10-11-16(23)17(24)12-15/h6-12H,3-5H2,1-2H3. The zero-order chi connectivity index (χ0) is 20.3. The van der Waals surface area contributed by atoms with Gasteiger partial charge in [-0.3, -0.25) is 9.69 Å². The summed E-state index contributed by atoms with van der Waals surface area (Å²) in [4.78, 5) is 20.3. The van der Waals surface area contributed by atoms with E-state index in [4.69, 9.17) is 39.8 Å². The van der Waals surface area contributed by atoms with Crippen molar-refractivity contribution in [2.24, 2.45) is 0 Å². The van der Waals surface area contributed by atoms with Crippen LogP contribution in [0.15, 0.2) is 42.5 Å². The minimum atomic E-state index is -0.0576. The largest absolute Gasteiger partial charge is 0.274 e. The lowest BCUT2D eigenvalue weighted by Crippen LogP contribution is -2.24. The third-order valence-electron chi connectivity index (χ3n) is 4.19. The van der Waals surface area contributed by atoms with E-state index in [1.807, 2.05) is 31.2 Å². The minimum Gasteiger partial charge on any atom is -0.274 e. The van der Waals surface area contributed by atoms with E-state index >= 15 is 0 Å². The predicted octanol–water partition coefficient (Wildman–Crippen LogP) is 7.80. The molecule has 3 nitrogen and oxygen atoms in total. The summed E-state index contributed by atoms with van der Waals surface area (Å²) >= 11 is 19.8. The molecule has 0 spiro atoms. The van der Waals surface area contributed by atoms with Gasteiger partial charge in [-0.15, -0.1) is 11.3 Å². The molecule has 7 heteroatoms. The zero-order valence-corrected chi connectivity index (χ0v) is 18.6. The van der Waals surface area contributed by atoms with Crippen LogP contribution in [-0.4, -0.2) is 10.9 Å². The van der Waals surface area contributed by atoms with Crippen molar-refractivity contribution in [2.45, 2.75) is 33.1 Å². The molecule has 3 aromatic rings. The Hall–Kier alpha value is -1.59. The van der Waals surface area contributed by atoms with E-state index in [-0.39, 0.29) is 5.91 Å². The van der Waals surface area contributed by atoms with Crippen molar-refractivity contribution in [2.75, 3.05) is 4.90 Å². The number of hydrogen-bond acceptors (Lipinski definition) is 3. The number of halogens is 3. The minimum absolute atomic E-state index is 0.0576. The highest BCUT2D eigenvalue weighted by Crippen LogP contribution is 2.39. The number of aromatic nitrogens is 1. The number of rotatable bonds is 6. The fourth-order valence-corrected chi connectivity index (χ4v) is 4.45. The van der Waals surface area contributed by atoms with Gasteiger partial charge in [-0.05, 0) is 36.8 Å². The number of carbonyl (C=O) groups is 1. The maximum Gasteiger partial charge on any atom is 0.233 e. The molecule has 0 unspecified atom stereocenters. The molecule has 1 amide bonds. The van der Waals surface area contributed by atoms with Crippen molar-refractivity contribution in [1.82, 2.24) is 4.98 Å². The molecule has 3 rings (SSSR count). The Morgan fingerprint density at radius 1 is 1.04 bits per heavy atom. The van der Waals surface area contributed by atoms with Gasteiger partial charge in [0, 0.05) is 21.9 Å². The maximum absolute atomic E-state index is 12.8. The highest BCUT2D eigenvalue weighted by Gasteiger charge is 2.23. The summed E-state index contributed by atoms with van der Waals surface area (Å²) in [6.07, 6.45) is 2.21. The fraction of sp³-hybridized carbons (Fsp3) is 0.238. The Morgan fingerprint density at radius 3 is 2.36 bits per heavy atom. The fourth-order valence-electron chi connectivity index (χ4n) is 2.81. The Balaban J connectivity index is 2.12.